The lowest BCUT2D eigenvalue weighted by molar-refractivity contribution is -0.126. The summed E-state index contributed by atoms with van der Waals surface area (Å²) in [6, 6.07) is 7.56. The molecule has 0 spiro atoms. The summed E-state index contributed by atoms with van der Waals surface area (Å²) in [6.45, 7) is 1.46. The third kappa shape index (κ3) is 3.97. The predicted octanol–water partition coefficient (Wildman–Crippen LogP) is 3.22. The Labute approximate surface area is 147 Å². The summed E-state index contributed by atoms with van der Waals surface area (Å²) in [6.07, 6.45) is 6.18. The Hall–Kier alpha value is -1.85. The molecule has 2 aromatic rings. The van der Waals surface area contributed by atoms with Gasteiger partial charge in [-0.1, -0.05) is 36.6 Å². The molecule has 0 unspecified atom stereocenters. The second-order valence-electron chi connectivity index (χ2n) is 6.34. The highest BCUT2D eigenvalue weighted by Gasteiger charge is 2.24. The molecule has 1 fully saturated rings. The maximum atomic E-state index is 12.5. The molecule has 0 radical (unpaired) electrons. The summed E-state index contributed by atoms with van der Waals surface area (Å²) in [4.78, 5) is 14.7. The van der Waals surface area contributed by atoms with Crippen molar-refractivity contribution in [3.8, 4) is 11.3 Å². The van der Waals surface area contributed by atoms with Gasteiger partial charge in [0.2, 0.25) is 5.91 Å². The lowest BCUT2D eigenvalue weighted by Gasteiger charge is -2.24. The number of nitrogens with one attached hydrogen (secondary N) is 2. The molecular weight excluding hydrogens is 324 g/mol. The number of nitrogens with zero attached hydrogens (tertiary/aromatic N) is 2. The van der Waals surface area contributed by atoms with Crippen LogP contribution in [0.15, 0.2) is 30.5 Å². The van der Waals surface area contributed by atoms with Crippen molar-refractivity contribution < 1.29 is 4.79 Å². The van der Waals surface area contributed by atoms with E-state index in [2.05, 4.69) is 20.4 Å². The number of benzene rings is 1. The summed E-state index contributed by atoms with van der Waals surface area (Å²) in [5, 5.41) is 10.9. The van der Waals surface area contributed by atoms with Crippen molar-refractivity contribution in [3.63, 3.8) is 0 Å². The number of aromatic amines is 1. The van der Waals surface area contributed by atoms with Gasteiger partial charge in [0.05, 0.1) is 17.9 Å². The Morgan fingerprint density at radius 1 is 1.33 bits per heavy atom. The summed E-state index contributed by atoms with van der Waals surface area (Å²) in [5.74, 6) is 0.0997. The molecular formula is C18H23ClN4O. The number of amides is 1. The van der Waals surface area contributed by atoms with Gasteiger partial charge in [-0.3, -0.25) is 14.8 Å². The second kappa shape index (κ2) is 7.81. The van der Waals surface area contributed by atoms with E-state index in [1.807, 2.05) is 31.3 Å². The highest BCUT2D eigenvalue weighted by Crippen LogP contribution is 2.23. The molecule has 6 heteroatoms. The number of aromatic nitrogens is 2. The average Bonchev–Trinajstić information content (AvgIpc) is 2.94. The number of hydrogen-bond acceptors (Lipinski definition) is 3. The van der Waals surface area contributed by atoms with Crippen LogP contribution in [0.1, 0.15) is 31.2 Å². The first-order valence-electron chi connectivity index (χ1n) is 8.41. The lowest BCUT2D eigenvalue weighted by Crippen LogP contribution is -2.44. The minimum absolute atomic E-state index is 0.0293. The summed E-state index contributed by atoms with van der Waals surface area (Å²) in [5.41, 5.74) is 2.90. The van der Waals surface area contributed by atoms with E-state index in [0.29, 0.717) is 11.6 Å². The number of hydrogen-bond donors (Lipinski definition) is 2. The van der Waals surface area contributed by atoms with Crippen LogP contribution in [0.25, 0.3) is 11.3 Å². The highest BCUT2D eigenvalue weighted by atomic mass is 35.5. The Morgan fingerprint density at radius 3 is 2.92 bits per heavy atom. The molecule has 1 saturated heterocycles. The number of likely N-dealkylation sites (N-methyl/N-ethyl adjacent to an activating group) is 1. The van der Waals surface area contributed by atoms with Crippen LogP contribution in [0.3, 0.4) is 0 Å². The van der Waals surface area contributed by atoms with Gasteiger partial charge in [0.25, 0.3) is 0 Å². The SMILES string of the molecule is CN1CCCCC[C@H]1C(=O)NCc1cn[nH]c1-c1ccc(Cl)cc1. The van der Waals surface area contributed by atoms with Gasteiger partial charge in [-0.05, 0) is 44.1 Å². The third-order valence-electron chi connectivity index (χ3n) is 4.63. The number of carbonyl (C=O) groups excluding carboxylic acids is 1. The van der Waals surface area contributed by atoms with Crippen molar-refractivity contribution in [2.45, 2.75) is 38.3 Å². The molecule has 128 valence electrons. The molecule has 1 aromatic carbocycles. The van der Waals surface area contributed by atoms with E-state index in [-0.39, 0.29) is 11.9 Å². The quantitative estimate of drug-likeness (QED) is 0.893. The summed E-state index contributed by atoms with van der Waals surface area (Å²) < 4.78 is 0. The molecule has 2 N–H and O–H groups in total. The van der Waals surface area contributed by atoms with E-state index in [1.54, 1.807) is 6.20 Å². The van der Waals surface area contributed by atoms with Gasteiger partial charge in [-0.2, -0.15) is 5.10 Å². The van der Waals surface area contributed by atoms with Crippen LogP contribution in [0.2, 0.25) is 5.02 Å². The van der Waals surface area contributed by atoms with Crippen LogP contribution in [0.4, 0.5) is 0 Å². The van der Waals surface area contributed by atoms with Gasteiger partial charge >= 0.3 is 0 Å². The normalized spacial score (nSPS) is 19.0. The molecule has 5 nitrogen and oxygen atoms in total. The Balaban J connectivity index is 1.66. The Kier molecular flexibility index (Phi) is 5.53. The smallest absolute Gasteiger partial charge is 0.237 e. The van der Waals surface area contributed by atoms with Gasteiger partial charge < -0.3 is 5.32 Å². The topological polar surface area (TPSA) is 61.0 Å². The van der Waals surface area contributed by atoms with Crippen LogP contribution >= 0.6 is 11.6 Å². The zero-order valence-corrected chi connectivity index (χ0v) is 14.6. The fraction of sp³-hybridized carbons (Fsp3) is 0.444. The number of carbonyl (C=O) groups is 1. The fourth-order valence-corrected chi connectivity index (χ4v) is 3.32. The van der Waals surface area contributed by atoms with Crippen LogP contribution in [-0.4, -0.2) is 40.6 Å². The largest absolute Gasteiger partial charge is 0.351 e. The standard InChI is InChI=1S/C18H23ClN4O/c1-23-10-4-2-3-5-16(23)18(24)20-11-14-12-21-22-17(14)13-6-8-15(19)9-7-13/h6-9,12,16H,2-5,10-11H2,1H3,(H,20,24)(H,21,22)/t16-/m0/s1. The van der Waals surface area contributed by atoms with Gasteiger partial charge in [0, 0.05) is 17.1 Å². The first-order valence-corrected chi connectivity index (χ1v) is 8.79. The maximum Gasteiger partial charge on any atom is 0.237 e. The van der Waals surface area contributed by atoms with Crippen molar-refractivity contribution >= 4 is 17.5 Å². The highest BCUT2D eigenvalue weighted by molar-refractivity contribution is 6.30. The van der Waals surface area contributed by atoms with Crippen LogP contribution < -0.4 is 5.32 Å². The van der Waals surface area contributed by atoms with Crippen LogP contribution in [-0.2, 0) is 11.3 Å². The van der Waals surface area contributed by atoms with E-state index in [9.17, 15) is 4.79 Å². The molecule has 3 rings (SSSR count). The molecule has 1 amide bonds. The molecule has 0 bridgehead atoms. The lowest BCUT2D eigenvalue weighted by atomic mass is 10.1. The summed E-state index contributed by atoms with van der Waals surface area (Å²) >= 11 is 5.94. The zero-order chi connectivity index (χ0) is 16.9. The predicted molar refractivity (Wildman–Crippen MR) is 95.8 cm³/mol. The van der Waals surface area contributed by atoms with Gasteiger partial charge in [-0.25, -0.2) is 0 Å². The molecule has 0 aliphatic carbocycles. The van der Waals surface area contributed by atoms with E-state index < -0.39 is 0 Å². The number of H-pyrrole nitrogens is 1. The zero-order valence-electron chi connectivity index (χ0n) is 13.9. The van der Waals surface area contributed by atoms with Gasteiger partial charge in [-0.15, -0.1) is 0 Å². The van der Waals surface area contributed by atoms with Gasteiger partial charge in [0.1, 0.15) is 0 Å². The van der Waals surface area contributed by atoms with Crippen molar-refractivity contribution in [3.05, 3.63) is 41.0 Å². The maximum absolute atomic E-state index is 12.5. The van der Waals surface area contributed by atoms with Crippen molar-refractivity contribution in [2.24, 2.45) is 0 Å². The van der Waals surface area contributed by atoms with Crippen LogP contribution in [0.5, 0.6) is 0 Å². The molecule has 0 saturated carbocycles. The number of likely N-dealkylation sites (tertiary alicyclic amines) is 1. The molecule has 1 atom stereocenters. The fourth-order valence-electron chi connectivity index (χ4n) is 3.19. The van der Waals surface area contributed by atoms with E-state index in [0.717, 1.165) is 36.2 Å². The van der Waals surface area contributed by atoms with Crippen molar-refractivity contribution in [2.75, 3.05) is 13.6 Å². The molecule has 2 heterocycles. The monoisotopic (exact) mass is 346 g/mol. The van der Waals surface area contributed by atoms with Crippen molar-refractivity contribution in [1.82, 2.24) is 20.4 Å². The first kappa shape index (κ1) is 17.0. The third-order valence-corrected chi connectivity index (χ3v) is 4.88. The molecule has 1 aromatic heterocycles. The first-order chi connectivity index (χ1) is 11.6. The minimum Gasteiger partial charge on any atom is -0.351 e. The molecule has 1 aliphatic heterocycles. The summed E-state index contributed by atoms with van der Waals surface area (Å²) in [7, 11) is 2.03. The van der Waals surface area contributed by atoms with E-state index >= 15 is 0 Å². The van der Waals surface area contributed by atoms with E-state index in [1.165, 1.54) is 12.8 Å². The van der Waals surface area contributed by atoms with Gasteiger partial charge in [0.15, 0.2) is 0 Å². The Bertz CT molecular complexity index is 683. The van der Waals surface area contributed by atoms with Crippen LogP contribution in [0, 0.1) is 0 Å². The van der Waals surface area contributed by atoms with Crippen molar-refractivity contribution in [1.29, 1.82) is 0 Å². The number of halogens is 1. The second-order valence-corrected chi connectivity index (χ2v) is 6.78. The van der Waals surface area contributed by atoms with E-state index in [4.69, 9.17) is 11.6 Å². The Morgan fingerprint density at radius 2 is 2.12 bits per heavy atom. The molecule has 1 aliphatic rings. The minimum atomic E-state index is -0.0293. The number of rotatable bonds is 4. The molecule has 24 heavy (non-hydrogen) atoms. The average molecular weight is 347 g/mol.